The second kappa shape index (κ2) is 6.51. The number of carbonyl (C=O) groups is 2. The third-order valence-electron chi connectivity index (χ3n) is 4.35. The maximum absolute atomic E-state index is 12.5. The van der Waals surface area contributed by atoms with Crippen LogP contribution in [0, 0.1) is 13.8 Å². The largest absolute Gasteiger partial charge is 0.485 e. The molecule has 0 unspecified atom stereocenters. The minimum Gasteiger partial charge on any atom is -0.485 e. The molecule has 2 aromatic rings. The number of ether oxygens (including phenoxy) is 2. The number of benzene rings is 1. The van der Waals surface area contributed by atoms with E-state index in [9.17, 15) is 9.59 Å². The van der Waals surface area contributed by atoms with E-state index >= 15 is 0 Å². The van der Waals surface area contributed by atoms with Crippen LogP contribution in [0.15, 0.2) is 30.3 Å². The normalized spacial score (nSPS) is 13.6. The first-order valence-electron chi connectivity index (χ1n) is 8.04. The predicted octanol–water partition coefficient (Wildman–Crippen LogP) is 3.49. The van der Waals surface area contributed by atoms with Gasteiger partial charge in [-0.25, -0.2) is 4.79 Å². The summed E-state index contributed by atoms with van der Waals surface area (Å²) in [5, 5.41) is 0. The summed E-state index contributed by atoms with van der Waals surface area (Å²) in [4.78, 5) is 24.3. The summed E-state index contributed by atoms with van der Waals surface area (Å²) in [6, 6.07) is 9.21. The Morgan fingerprint density at radius 3 is 2.54 bits per heavy atom. The van der Waals surface area contributed by atoms with Gasteiger partial charge in [-0.2, -0.15) is 0 Å². The van der Waals surface area contributed by atoms with Gasteiger partial charge in [0.2, 0.25) is 5.78 Å². The van der Waals surface area contributed by atoms with Crippen LogP contribution in [0.4, 0.5) is 0 Å². The smallest absolute Gasteiger partial charge is 0.341 e. The molecular formula is C19H21NO4. The summed E-state index contributed by atoms with van der Waals surface area (Å²) in [6.07, 6.45) is 2.35. The minimum absolute atomic E-state index is 0.0883. The molecule has 0 amide bonds. The lowest BCUT2D eigenvalue weighted by Crippen LogP contribution is -2.14. The Hall–Kier alpha value is -2.56. The maximum atomic E-state index is 12.5. The molecule has 1 heterocycles. The molecule has 5 nitrogen and oxygen atoms in total. The molecule has 3 rings (SSSR count). The summed E-state index contributed by atoms with van der Waals surface area (Å²) in [5.74, 6) is -0.215. The van der Waals surface area contributed by atoms with E-state index in [1.807, 2.05) is 19.9 Å². The summed E-state index contributed by atoms with van der Waals surface area (Å²) in [7, 11) is 1.32. The molecule has 1 aliphatic carbocycles. The van der Waals surface area contributed by atoms with Gasteiger partial charge >= 0.3 is 5.97 Å². The second-order valence-corrected chi connectivity index (χ2v) is 6.09. The molecule has 24 heavy (non-hydrogen) atoms. The van der Waals surface area contributed by atoms with E-state index in [0.29, 0.717) is 22.9 Å². The van der Waals surface area contributed by atoms with Crippen molar-refractivity contribution in [3.05, 3.63) is 52.8 Å². The molecule has 0 radical (unpaired) electrons. The first-order valence-corrected chi connectivity index (χ1v) is 8.04. The average molecular weight is 327 g/mol. The van der Waals surface area contributed by atoms with E-state index in [2.05, 4.69) is 4.57 Å². The molecule has 0 aliphatic heterocycles. The number of ketones is 1. The zero-order chi connectivity index (χ0) is 17.3. The van der Waals surface area contributed by atoms with Gasteiger partial charge in [0.25, 0.3) is 0 Å². The zero-order valence-electron chi connectivity index (χ0n) is 14.2. The number of Topliss-reactive ketones (excluding diaryl/α,β-unsaturated/α-hetero) is 1. The number of para-hydroxylation sites is 1. The number of rotatable bonds is 6. The summed E-state index contributed by atoms with van der Waals surface area (Å²) >= 11 is 0. The average Bonchev–Trinajstić information content (AvgIpc) is 3.37. The van der Waals surface area contributed by atoms with E-state index in [1.54, 1.807) is 24.3 Å². The van der Waals surface area contributed by atoms with Crippen LogP contribution in [0.3, 0.4) is 0 Å². The highest BCUT2D eigenvalue weighted by molar-refractivity contribution is 5.99. The van der Waals surface area contributed by atoms with Gasteiger partial charge < -0.3 is 14.0 Å². The first kappa shape index (κ1) is 16.3. The number of aryl methyl sites for hydroxylation is 1. The fourth-order valence-electron chi connectivity index (χ4n) is 3.05. The quantitative estimate of drug-likeness (QED) is 0.602. The van der Waals surface area contributed by atoms with Gasteiger partial charge in [-0.05, 0) is 44.9 Å². The van der Waals surface area contributed by atoms with E-state index < -0.39 is 5.97 Å². The van der Waals surface area contributed by atoms with Gasteiger partial charge in [-0.1, -0.05) is 12.1 Å². The Morgan fingerprint density at radius 1 is 1.17 bits per heavy atom. The summed E-state index contributed by atoms with van der Waals surface area (Å²) < 4.78 is 12.6. The van der Waals surface area contributed by atoms with Gasteiger partial charge in [0.15, 0.2) is 6.61 Å². The number of methoxy groups -OCH3 is 1. The van der Waals surface area contributed by atoms with Crippen LogP contribution in [-0.2, 0) is 4.74 Å². The third-order valence-corrected chi connectivity index (χ3v) is 4.35. The molecule has 1 fully saturated rings. The van der Waals surface area contributed by atoms with Crippen LogP contribution in [0.5, 0.6) is 5.75 Å². The highest BCUT2D eigenvalue weighted by atomic mass is 16.5. The standard InChI is InChI=1S/C19H21NO4/c1-12-10-16(13(2)20(12)14-8-9-14)17(21)11-24-18-7-5-4-6-15(18)19(22)23-3/h4-7,10,14H,8-9,11H2,1-3H3. The number of hydrogen-bond donors (Lipinski definition) is 0. The van der Waals surface area contributed by atoms with Crippen molar-refractivity contribution in [3.63, 3.8) is 0 Å². The number of aromatic nitrogens is 1. The second-order valence-electron chi connectivity index (χ2n) is 6.09. The van der Waals surface area contributed by atoms with Crippen LogP contribution >= 0.6 is 0 Å². The topological polar surface area (TPSA) is 57.5 Å². The lowest BCUT2D eigenvalue weighted by Gasteiger charge is -2.10. The van der Waals surface area contributed by atoms with Gasteiger partial charge in [0, 0.05) is 23.0 Å². The molecule has 1 aromatic carbocycles. The molecular weight excluding hydrogens is 306 g/mol. The van der Waals surface area contributed by atoms with E-state index in [0.717, 1.165) is 11.4 Å². The Labute approximate surface area is 141 Å². The molecule has 5 heteroatoms. The molecule has 126 valence electrons. The van der Waals surface area contributed by atoms with Gasteiger partial charge in [0.1, 0.15) is 11.3 Å². The van der Waals surface area contributed by atoms with Crippen LogP contribution in [0.25, 0.3) is 0 Å². The van der Waals surface area contributed by atoms with Crippen molar-refractivity contribution < 1.29 is 19.1 Å². The molecule has 1 aliphatic rings. The molecule has 0 N–H and O–H groups in total. The van der Waals surface area contributed by atoms with Crippen LogP contribution in [-0.4, -0.2) is 30.0 Å². The minimum atomic E-state index is -0.482. The number of hydrogen-bond acceptors (Lipinski definition) is 4. The Kier molecular flexibility index (Phi) is 4.42. The number of esters is 1. The molecule has 1 saturated carbocycles. The third kappa shape index (κ3) is 3.07. The monoisotopic (exact) mass is 327 g/mol. The van der Waals surface area contributed by atoms with Crippen molar-refractivity contribution in [1.82, 2.24) is 4.57 Å². The lowest BCUT2D eigenvalue weighted by molar-refractivity contribution is 0.0594. The van der Waals surface area contributed by atoms with E-state index in [1.165, 1.54) is 20.0 Å². The van der Waals surface area contributed by atoms with Crippen molar-refractivity contribution in [1.29, 1.82) is 0 Å². The summed E-state index contributed by atoms with van der Waals surface area (Å²) in [6.45, 7) is 3.89. The molecule has 0 saturated heterocycles. The van der Waals surface area contributed by atoms with Crippen molar-refractivity contribution >= 4 is 11.8 Å². The fourth-order valence-corrected chi connectivity index (χ4v) is 3.05. The molecule has 0 atom stereocenters. The van der Waals surface area contributed by atoms with Crippen LogP contribution in [0.1, 0.15) is 51.0 Å². The van der Waals surface area contributed by atoms with E-state index in [-0.39, 0.29) is 12.4 Å². The Morgan fingerprint density at radius 2 is 1.88 bits per heavy atom. The Balaban J connectivity index is 1.75. The lowest BCUT2D eigenvalue weighted by atomic mass is 10.1. The Bertz CT molecular complexity index is 787. The van der Waals surface area contributed by atoms with E-state index in [4.69, 9.17) is 9.47 Å². The molecule has 0 spiro atoms. The van der Waals surface area contributed by atoms with Crippen LogP contribution < -0.4 is 4.74 Å². The number of nitrogens with zero attached hydrogens (tertiary/aromatic N) is 1. The number of carbonyl (C=O) groups excluding carboxylic acids is 2. The predicted molar refractivity (Wildman–Crippen MR) is 89.8 cm³/mol. The zero-order valence-corrected chi connectivity index (χ0v) is 14.2. The van der Waals surface area contributed by atoms with Gasteiger partial charge in [-0.15, -0.1) is 0 Å². The fraction of sp³-hybridized carbons (Fsp3) is 0.368. The summed E-state index contributed by atoms with van der Waals surface area (Å²) in [5.41, 5.74) is 3.10. The van der Waals surface area contributed by atoms with Crippen molar-refractivity contribution in [3.8, 4) is 5.75 Å². The van der Waals surface area contributed by atoms with Crippen molar-refractivity contribution in [2.24, 2.45) is 0 Å². The van der Waals surface area contributed by atoms with Gasteiger partial charge in [0.05, 0.1) is 7.11 Å². The highest BCUT2D eigenvalue weighted by Crippen LogP contribution is 2.38. The molecule has 1 aromatic heterocycles. The SMILES string of the molecule is COC(=O)c1ccccc1OCC(=O)c1cc(C)n(C2CC2)c1C. The maximum Gasteiger partial charge on any atom is 0.341 e. The highest BCUT2D eigenvalue weighted by Gasteiger charge is 2.28. The first-order chi connectivity index (χ1) is 11.5. The van der Waals surface area contributed by atoms with Crippen molar-refractivity contribution in [2.45, 2.75) is 32.7 Å². The van der Waals surface area contributed by atoms with Crippen LogP contribution in [0.2, 0.25) is 0 Å². The van der Waals surface area contributed by atoms with Crippen molar-refractivity contribution in [2.75, 3.05) is 13.7 Å². The van der Waals surface area contributed by atoms with Gasteiger partial charge in [-0.3, -0.25) is 4.79 Å². The molecule has 0 bridgehead atoms.